The largest absolute Gasteiger partial charge is 0.462 e. The summed E-state index contributed by atoms with van der Waals surface area (Å²) in [5.74, 6) is 0.381. The number of carbonyl (C=O) groups excluding carboxylic acids is 2. The van der Waals surface area contributed by atoms with Crippen molar-refractivity contribution in [3.8, 4) is 0 Å². The number of ether oxygens (including phenoxy) is 1. The zero-order valence-corrected chi connectivity index (χ0v) is 16.8. The van der Waals surface area contributed by atoms with Crippen LogP contribution in [0.5, 0.6) is 0 Å². The predicted molar refractivity (Wildman–Crippen MR) is 108 cm³/mol. The van der Waals surface area contributed by atoms with Gasteiger partial charge in [-0.1, -0.05) is 35.3 Å². The Labute approximate surface area is 167 Å². The summed E-state index contributed by atoms with van der Waals surface area (Å²) in [7, 11) is 0. The molecule has 0 aliphatic carbocycles. The van der Waals surface area contributed by atoms with Gasteiger partial charge in [-0.2, -0.15) is 0 Å². The molecule has 0 radical (unpaired) electrons. The lowest BCUT2D eigenvalue weighted by molar-refractivity contribution is -0.113. The Morgan fingerprint density at radius 1 is 1.12 bits per heavy atom. The Kier molecular flexibility index (Phi) is 7.82. The van der Waals surface area contributed by atoms with Gasteiger partial charge in [0.25, 0.3) is 0 Å². The number of halogens is 2. The number of nitrogens with one attached hydrogen (secondary N) is 1. The van der Waals surface area contributed by atoms with Crippen LogP contribution in [0.25, 0.3) is 0 Å². The summed E-state index contributed by atoms with van der Waals surface area (Å²) < 4.78 is 4.98. The molecule has 0 atom stereocenters. The number of hydrogen-bond donors (Lipinski definition) is 1. The maximum Gasteiger partial charge on any atom is 0.338 e. The summed E-state index contributed by atoms with van der Waals surface area (Å²) in [5, 5.41) is 3.85. The normalized spacial score (nSPS) is 10.5. The van der Waals surface area contributed by atoms with Gasteiger partial charge in [-0.25, -0.2) is 4.79 Å². The van der Waals surface area contributed by atoms with Crippen LogP contribution in [0.3, 0.4) is 0 Å². The van der Waals surface area contributed by atoms with Crippen molar-refractivity contribution in [2.45, 2.75) is 19.6 Å². The van der Waals surface area contributed by atoms with Crippen molar-refractivity contribution in [1.82, 2.24) is 0 Å². The monoisotopic (exact) mass is 411 g/mol. The van der Waals surface area contributed by atoms with Crippen LogP contribution in [0, 0.1) is 6.92 Å². The van der Waals surface area contributed by atoms with Crippen LogP contribution in [0.15, 0.2) is 36.4 Å². The molecule has 138 valence electrons. The van der Waals surface area contributed by atoms with E-state index in [2.05, 4.69) is 5.32 Å². The molecule has 26 heavy (non-hydrogen) atoms. The molecule has 0 aromatic heterocycles. The predicted octanol–water partition coefficient (Wildman–Crippen LogP) is 5.35. The van der Waals surface area contributed by atoms with E-state index in [1.165, 1.54) is 11.8 Å². The SMILES string of the molecule is CCOC(=O)c1ccc(C)c(NC(=O)CSCc2ccc(Cl)c(Cl)c2)c1. The first-order chi connectivity index (χ1) is 12.4. The van der Waals surface area contributed by atoms with Crippen molar-refractivity contribution >= 4 is 52.5 Å². The molecule has 4 nitrogen and oxygen atoms in total. The second-order valence-corrected chi connectivity index (χ2v) is 7.34. The molecular formula is C19H19Cl2NO3S. The molecule has 0 bridgehead atoms. The maximum atomic E-state index is 12.2. The van der Waals surface area contributed by atoms with Crippen molar-refractivity contribution in [2.75, 3.05) is 17.7 Å². The molecule has 0 aliphatic heterocycles. The fourth-order valence-electron chi connectivity index (χ4n) is 2.18. The minimum Gasteiger partial charge on any atom is -0.462 e. The Balaban J connectivity index is 1.91. The highest BCUT2D eigenvalue weighted by Gasteiger charge is 2.11. The van der Waals surface area contributed by atoms with Crippen LogP contribution >= 0.6 is 35.0 Å². The Morgan fingerprint density at radius 3 is 2.58 bits per heavy atom. The Morgan fingerprint density at radius 2 is 1.88 bits per heavy atom. The van der Waals surface area contributed by atoms with Crippen molar-refractivity contribution in [3.63, 3.8) is 0 Å². The summed E-state index contributed by atoms with van der Waals surface area (Å²) in [6.07, 6.45) is 0. The summed E-state index contributed by atoms with van der Waals surface area (Å²) in [6.45, 7) is 3.92. The highest BCUT2D eigenvalue weighted by molar-refractivity contribution is 7.99. The second-order valence-electron chi connectivity index (χ2n) is 5.54. The summed E-state index contributed by atoms with van der Waals surface area (Å²) in [4.78, 5) is 24.0. The number of hydrogen-bond acceptors (Lipinski definition) is 4. The Hall–Kier alpha value is -1.69. The average molecular weight is 412 g/mol. The molecule has 0 saturated carbocycles. The average Bonchev–Trinajstić information content (AvgIpc) is 2.60. The number of carbonyl (C=O) groups is 2. The van der Waals surface area contributed by atoms with E-state index < -0.39 is 5.97 Å². The minimum absolute atomic E-state index is 0.140. The summed E-state index contributed by atoms with van der Waals surface area (Å²) >= 11 is 13.3. The van der Waals surface area contributed by atoms with Crippen LogP contribution < -0.4 is 5.32 Å². The first kappa shape index (κ1) is 20.6. The van der Waals surface area contributed by atoms with E-state index >= 15 is 0 Å². The third kappa shape index (κ3) is 5.94. The molecule has 2 rings (SSSR count). The fourth-order valence-corrected chi connectivity index (χ4v) is 3.27. The number of amides is 1. The molecule has 7 heteroatoms. The second kappa shape index (κ2) is 9.86. The smallest absolute Gasteiger partial charge is 0.338 e. The van der Waals surface area contributed by atoms with Crippen LogP contribution in [0.1, 0.15) is 28.4 Å². The third-order valence-electron chi connectivity index (χ3n) is 3.51. The van der Waals surface area contributed by atoms with Crippen molar-refractivity contribution in [2.24, 2.45) is 0 Å². The molecule has 1 amide bonds. The van der Waals surface area contributed by atoms with Gasteiger partial charge in [-0.15, -0.1) is 11.8 Å². The molecule has 0 spiro atoms. The topological polar surface area (TPSA) is 55.4 Å². The summed E-state index contributed by atoms with van der Waals surface area (Å²) in [6, 6.07) is 10.5. The van der Waals surface area contributed by atoms with Crippen molar-refractivity contribution < 1.29 is 14.3 Å². The van der Waals surface area contributed by atoms with Gasteiger partial charge < -0.3 is 10.1 Å². The van der Waals surface area contributed by atoms with Crippen LogP contribution in [-0.4, -0.2) is 24.2 Å². The van der Waals surface area contributed by atoms with Gasteiger partial charge in [0, 0.05) is 11.4 Å². The first-order valence-corrected chi connectivity index (χ1v) is 9.91. The molecule has 0 saturated heterocycles. The molecule has 0 unspecified atom stereocenters. The molecule has 0 heterocycles. The van der Waals surface area contributed by atoms with Crippen LogP contribution in [-0.2, 0) is 15.3 Å². The number of anilines is 1. The highest BCUT2D eigenvalue weighted by Crippen LogP contribution is 2.25. The van der Waals surface area contributed by atoms with E-state index in [0.717, 1.165) is 11.1 Å². The van der Waals surface area contributed by atoms with Gasteiger partial charge in [-0.05, 0) is 49.2 Å². The Bertz CT molecular complexity index is 811. The maximum absolute atomic E-state index is 12.2. The lowest BCUT2D eigenvalue weighted by Crippen LogP contribution is -2.16. The molecular weight excluding hydrogens is 393 g/mol. The van der Waals surface area contributed by atoms with E-state index in [1.807, 2.05) is 13.0 Å². The van der Waals surface area contributed by atoms with Gasteiger partial charge in [0.15, 0.2) is 0 Å². The number of aryl methyl sites for hydroxylation is 1. The van der Waals surface area contributed by atoms with Crippen molar-refractivity contribution in [3.05, 3.63) is 63.1 Å². The van der Waals surface area contributed by atoms with Gasteiger partial charge in [0.1, 0.15) is 0 Å². The lowest BCUT2D eigenvalue weighted by Gasteiger charge is -2.10. The van der Waals surface area contributed by atoms with E-state index in [4.69, 9.17) is 27.9 Å². The summed E-state index contributed by atoms with van der Waals surface area (Å²) in [5.41, 5.74) is 2.89. The zero-order valence-electron chi connectivity index (χ0n) is 14.5. The molecule has 2 aromatic rings. The fraction of sp³-hybridized carbons (Fsp3) is 0.263. The van der Waals surface area contributed by atoms with E-state index in [0.29, 0.717) is 33.7 Å². The zero-order chi connectivity index (χ0) is 19.1. The number of thioether (sulfide) groups is 1. The van der Waals surface area contributed by atoms with E-state index in [9.17, 15) is 9.59 Å². The number of benzene rings is 2. The minimum atomic E-state index is -0.406. The van der Waals surface area contributed by atoms with E-state index in [-0.39, 0.29) is 11.7 Å². The molecule has 0 aliphatic rings. The van der Waals surface area contributed by atoms with Crippen LogP contribution in [0.4, 0.5) is 5.69 Å². The van der Waals surface area contributed by atoms with Crippen LogP contribution in [0.2, 0.25) is 10.0 Å². The first-order valence-electron chi connectivity index (χ1n) is 8.00. The highest BCUT2D eigenvalue weighted by atomic mass is 35.5. The van der Waals surface area contributed by atoms with Gasteiger partial charge in [0.05, 0.1) is 28.0 Å². The molecule has 2 aromatic carbocycles. The quantitative estimate of drug-likeness (QED) is 0.623. The number of esters is 1. The molecule has 1 N–H and O–H groups in total. The van der Waals surface area contributed by atoms with Gasteiger partial charge in [-0.3, -0.25) is 4.79 Å². The van der Waals surface area contributed by atoms with Crippen molar-refractivity contribution in [1.29, 1.82) is 0 Å². The van der Waals surface area contributed by atoms with E-state index in [1.54, 1.807) is 37.3 Å². The van der Waals surface area contributed by atoms with Gasteiger partial charge in [0.2, 0.25) is 5.91 Å². The van der Waals surface area contributed by atoms with Gasteiger partial charge >= 0.3 is 5.97 Å². The standard InChI is InChI=1S/C19H19Cl2NO3S/c1-3-25-19(24)14-6-4-12(2)17(9-14)22-18(23)11-26-10-13-5-7-15(20)16(21)8-13/h4-9H,3,10-11H2,1-2H3,(H,22,23). The number of rotatable bonds is 7. The third-order valence-corrected chi connectivity index (χ3v) is 5.25. The lowest BCUT2D eigenvalue weighted by atomic mass is 10.1. The molecule has 0 fully saturated rings.